The average Bonchev–Trinajstić information content (AvgIpc) is 2.75. The molecule has 4 atom stereocenters. The van der Waals surface area contributed by atoms with E-state index in [-0.39, 0.29) is 17.9 Å². The van der Waals surface area contributed by atoms with Crippen LogP contribution >= 0.6 is 0 Å². The summed E-state index contributed by atoms with van der Waals surface area (Å²) in [7, 11) is 0. The van der Waals surface area contributed by atoms with Crippen LogP contribution in [-0.4, -0.2) is 74.4 Å². The number of fused-ring (bicyclic) bond motifs is 2. The van der Waals surface area contributed by atoms with E-state index in [4.69, 9.17) is 25.5 Å². The minimum Gasteiger partial charge on any atom is -0.394 e. The molecule has 1 aliphatic rings. The van der Waals surface area contributed by atoms with Gasteiger partial charge in [-0.2, -0.15) is 0 Å². The number of aldehydes is 1. The van der Waals surface area contributed by atoms with Gasteiger partial charge in [0.15, 0.2) is 17.9 Å². The first-order chi connectivity index (χ1) is 13.3. The Kier molecular flexibility index (Phi) is 7.27. The molecule has 0 radical (unpaired) electrons. The molecule has 2 aromatic carbocycles. The van der Waals surface area contributed by atoms with Crippen LogP contribution < -0.4 is 0 Å². The number of rotatable bonds is 5. The zero-order chi connectivity index (χ0) is 20.8. The maximum absolute atomic E-state index is 12.1. The molecule has 3 rings (SSSR count). The van der Waals surface area contributed by atoms with Crippen LogP contribution in [0.3, 0.4) is 0 Å². The van der Waals surface area contributed by atoms with Gasteiger partial charge in [-0.15, -0.1) is 0 Å². The van der Waals surface area contributed by atoms with Crippen molar-refractivity contribution < 1.29 is 39.9 Å². The molecule has 5 N–H and O–H groups in total. The summed E-state index contributed by atoms with van der Waals surface area (Å²) >= 11 is 0. The quantitative estimate of drug-likeness (QED) is 0.352. The fraction of sp³-hybridized carbons (Fsp3) is 0.250. The topological polar surface area (TPSA) is 152 Å². The van der Waals surface area contributed by atoms with Crippen molar-refractivity contribution in [2.75, 3.05) is 6.61 Å². The first-order valence-electron chi connectivity index (χ1n) is 8.39. The second kappa shape index (κ2) is 9.45. The van der Waals surface area contributed by atoms with Crippen molar-refractivity contribution in [1.29, 1.82) is 0 Å². The largest absolute Gasteiger partial charge is 0.394 e. The van der Waals surface area contributed by atoms with Crippen LogP contribution in [0.1, 0.15) is 31.8 Å². The fourth-order valence-electron chi connectivity index (χ4n) is 2.67. The van der Waals surface area contributed by atoms with Crippen LogP contribution in [0.2, 0.25) is 0 Å². The van der Waals surface area contributed by atoms with Crippen LogP contribution in [0.5, 0.6) is 0 Å². The second-order valence-corrected chi connectivity index (χ2v) is 6.11. The SMILES string of the molecule is O=C1c2ccccc2C(=O)c2ccccc21.O=CC(O)C(O)C(O)C(O)CO. The molecular formula is C20H20O8. The van der Waals surface area contributed by atoms with Gasteiger partial charge in [0.2, 0.25) is 0 Å². The molecule has 4 unspecified atom stereocenters. The molecule has 8 nitrogen and oxygen atoms in total. The third kappa shape index (κ3) is 4.38. The van der Waals surface area contributed by atoms with Crippen LogP contribution in [-0.2, 0) is 4.79 Å². The molecule has 0 saturated heterocycles. The highest BCUT2D eigenvalue weighted by atomic mass is 16.4. The Morgan fingerprint density at radius 2 is 1.07 bits per heavy atom. The highest BCUT2D eigenvalue weighted by Crippen LogP contribution is 2.26. The number of carbonyl (C=O) groups excluding carboxylic acids is 3. The molecule has 0 spiro atoms. The van der Waals surface area contributed by atoms with E-state index < -0.39 is 31.0 Å². The molecule has 0 heterocycles. The van der Waals surface area contributed by atoms with E-state index in [2.05, 4.69) is 0 Å². The van der Waals surface area contributed by atoms with Crippen molar-refractivity contribution in [1.82, 2.24) is 0 Å². The number of aliphatic hydroxyl groups is 5. The maximum Gasteiger partial charge on any atom is 0.194 e. The van der Waals surface area contributed by atoms with E-state index in [9.17, 15) is 14.4 Å². The van der Waals surface area contributed by atoms with Gasteiger partial charge in [0.05, 0.1) is 6.61 Å². The molecule has 148 valence electrons. The predicted molar refractivity (Wildman–Crippen MR) is 96.9 cm³/mol. The maximum atomic E-state index is 12.1. The Bertz CT molecular complexity index is 757. The minimum absolute atomic E-state index is 0.0258. The van der Waals surface area contributed by atoms with Gasteiger partial charge in [0.1, 0.15) is 24.4 Å². The summed E-state index contributed by atoms with van der Waals surface area (Å²) in [5, 5.41) is 43.5. The van der Waals surface area contributed by atoms with Gasteiger partial charge < -0.3 is 30.3 Å². The monoisotopic (exact) mass is 388 g/mol. The first-order valence-corrected chi connectivity index (χ1v) is 8.39. The molecule has 2 aromatic rings. The van der Waals surface area contributed by atoms with Crippen molar-refractivity contribution in [2.24, 2.45) is 0 Å². The number of benzene rings is 2. The smallest absolute Gasteiger partial charge is 0.194 e. The van der Waals surface area contributed by atoms with Crippen LogP contribution in [0.15, 0.2) is 48.5 Å². The number of aliphatic hydroxyl groups excluding tert-OH is 5. The Balaban J connectivity index is 0.000000211. The van der Waals surface area contributed by atoms with E-state index in [1.165, 1.54) is 0 Å². The summed E-state index contributed by atoms with van der Waals surface area (Å²) in [6, 6.07) is 13.9. The van der Waals surface area contributed by atoms with Gasteiger partial charge in [-0.05, 0) is 0 Å². The molecule has 28 heavy (non-hydrogen) atoms. The van der Waals surface area contributed by atoms with Gasteiger partial charge >= 0.3 is 0 Å². The Morgan fingerprint density at radius 3 is 1.36 bits per heavy atom. The third-order valence-electron chi connectivity index (χ3n) is 4.25. The van der Waals surface area contributed by atoms with Gasteiger partial charge in [-0.1, -0.05) is 48.5 Å². The summed E-state index contributed by atoms with van der Waals surface area (Å²) < 4.78 is 0. The zero-order valence-corrected chi connectivity index (χ0v) is 14.7. The molecule has 1 aliphatic carbocycles. The fourth-order valence-corrected chi connectivity index (χ4v) is 2.67. The van der Waals surface area contributed by atoms with Gasteiger partial charge in [-0.3, -0.25) is 9.59 Å². The van der Waals surface area contributed by atoms with Crippen molar-refractivity contribution in [3.05, 3.63) is 70.8 Å². The standard InChI is InChI=1S/C14H8O2.C6H12O6/c15-13-9-5-1-2-6-10(9)14(16)12-8-4-3-7-11(12)13;7-1-3(9)5(11)6(12)4(10)2-8/h1-8H;1,3-6,8-12H,2H2. The average molecular weight is 388 g/mol. The number of ketones is 2. The first kappa shape index (κ1) is 21.5. The normalized spacial score (nSPS) is 16.6. The molecule has 0 bridgehead atoms. The highest BCUT2D eigenvalue weighted by molar-refractivity contribution is 6.28. The van der Waals surface area contributed by atoms with E-state index in [1.807, 2.05) is 0 Å². The van der Waals surface area contributed by atoms with Crippen molar-refractivity contribution in [3.8, 4) is 0 Å². The molecule has 0 amide bonds. The molecule has 0 aliphatic heterocycles. The number of carbonyl (C=O) groups is 3. The molecule has 0 saturated carbocycles. The molecule has 0 aromatic heterocycles. The van der Waals surface area contributed by atoms with Gasteiger partial charge in [-0.25, -0.2) is 0 Å². The predicted octanol–water partition coefficient (Wildman–Crippen LogP) is -0.917. The minimum atomic E-state index is -1.79. The summed E-state index contributed by atoms with van der Waals surface area (Å²) in [6.07, 6.45) is -6.84. The lowest BCUT2D eigenvalue weighted by Crippen LogP contribution is -2.46. The van der Waals surface area contributed by atoms with Crippen LogP contribution in [0.25, 0.3) is 0 Å². The van der Waals surface area contributed by atoms with Gasteiger partial charge in [0, 0.05) is 22.3 Å². The van der Waals surface area contributed by atoms with E-state index in [0.717, 1.165) is 0 Å². The van der Waals surface area contributed by atoms with Crippen molar-refractivity contribution >= 4 is 17.9 Å². The Morgan fingerprint density at radius 1 is 0.714 bits per heavy atom. The lowest BCUT2D eigenvalue weighted by Gasteiger charge is -2.22. The highest BCUT2D eigenvalue weighted by Gasteiger charge is 2.29. The summed E-state index contributed by atoms with van der Waals surface area (Å²) in [4.78, 5) is 34.1. The Labute approximate surface area is 160 Å². The van der Waals surface area contributed by atoms with Crippen LogP contribution in [0, 0.1) is 0 Å². The summed E-state index contributed by atoms with van der Waals surface area (Å²) in [6.45, 7) is -0.760. The Hall–Kier alpha value is -2.75. The molecule has 0 fully saturated rings. The van der Waals surface area contributed by atoms with Crippen LogP contribution in [0.4, 0.5) is 0 Å². The number of hydrogen-bond donors (Lipinski definition) is 5. The van der Waals surface area contributed by atoms with Crippen molar-refractivity contribution in [3.63, 3.8) is 0 Å². The third-order valence-corrected chi connectivity index (χ3v) is 4.25. The van der Waals surface area contributed by atoms with E-state index in [1.54, 1.807) is 48.5 Å². The molecule has 8 heteroatoms. The van der Waals surface area contributed by atoms with E-state index >= 15 is 0 Å². The lowest BCUT2D eigenvalue weighted by molar-refractivity contribution is -0.136. The summed E-state index contributed by atoms with van der Waals surface area (Å²) in [5.41, 5.74) is 2.02. The lowest BCUT2D eigenvalue weighted by atomic mass is 9.84. The zero-order valence-electron chi connectivity index (χ0n) is 14.7. The second-order valence-electron chi connectivity index (χ2n) is 6.11. The molecular weight excluding hydrogens is 368 g/mol. The summed E-state index contributed by atoms with van der Waals surface area (Å²) in [5.74, 6) is -0.128. The van der Waals surface area contributed by atoms with E-state index in [0.29, 0.717) is 22.3 Å². The number of hydrogen-bond acceptors (Lipinski definition) is 8. The van der Waals surface area contributed by atoms with Crippen molar-refractivity contribution in [2.45, 2.75) is 24.4 Å². The van der Waals surface area contributed by atoms with Gasteiger partial charge in [0.25, 0.3) is 0 Å².